The van der Waals surface area contributed by atoms with Crippen molar-refractivity contribution in [2.75, 3.05) is 7.11 Å². The number of carbonyl (C=O) groups is 1. The zero-order valence-corrected chi connectivity index (χ0v) is 14.6. The van der Waals surface area contributed by atoms with Gasteiger partial charge in [-0.2, -0.15) is 0 Å². The fraction of sp³-hybridized carbons (Fsp3) is 0.167. The van der Waals surface area contributed by atoms with Gasteiger partial charge in [0.15, 0.2) is 0 Å². The third kappa shape index (κ3) is 2.83. The first-order chi connectivity index (χ1) is 11.4. The monoisotopic (exact) mass is 363 g/mol. The first kappa shape index (κ1) is 16.7. The Hall–Kier alpha value is -2.17. The van der Waals surface area contributed by atoms with Gasteiger partial charge in [-0.3, -0.25) is 4.79 Å². The minimum absolute atomic E-state index is 0.119. The smallest absolute Gasteiger partial charge is 0.307 e. The Morgan fingerprint density at radius 1 is 1.25 bits per heavy atom. The summed E-state index contributed by atoms with van der Waals surface area (Å²) in [6.45, 7) is 1.89. The second-order valence-corrected chi connectivity index (χ2v) is 6.33. The van der Waals surface area contributed by atoms with Gasteiger partial charge in [0.1, 0.15) is 5.75 Å². The lowest BCUT2D eigenvalue weighted by atomic mass is 10.0. The maximum atomic E-state index is 11.4. The summed E-state index contributed by atoms with van der Waals surface area (Å²) < 4.78 is 5.41. The molecular weight excluding hydrogens is 349 g/mol. The molecule has 0 bridgehead atoms. The van der Waals surface area contributed by atoms with E-state index in [4.69, 9.17) is 27.9 Å². The summed E-state index contributed by atoms with van der Waals surface area (Å²) in [5, 5.41) is 11.3. The van der Waals surface area contributed by atoms with Crippen LogP contribution in [-0.2, 0) is 11.2 Å². The van der Waals surface area contributed by atoms with Gasteiger partial charge in [-0.25, -0.2) is 0 Å². The maximum absolute atomic E-state index is 11.4. The van der Waals surface area contributed by atoms with E-state index < -0.39 is 5.97 Å². The summed E-state index contributed by atoms with van der Waals surface area (Å²) >= 11 is 12.3. The van der Waals surface area contributed by atoms with Gasteiger partial charge in [-0.15, -0.1) is 0 Å². The van der Waals surface area contributed by atoms with Crippen molar-refractivity contribution in [1.82, 2.24) is 4.98 Å². The number of carboxylic acid groups (broad SMARTS) is 1. The largest absolute Gasteiger partial charge is 0.496 e. The van der Waals surface area contributed by atoms with Crippen LogP contribution in [-0.4, -0.2) is 23.2 Å². The molecule has 0 radical (unpaired) electrons. The number of benzene rings is 2. The molecule has 1 heterocycles. The van der Waals surface area contributed by atoms with Crippen molar-refractivity contribution in [2.24, 2.45) is 0 Å². The molecule has 3 aromatic rings. The van der Waals surface area contributed by atoms with Crippen molar-refractivity contribution in [2.45, 2.75) is 13.3 Å². The van der Waals surface area contributed by atoms with Crippen LogP contribution < -0.4 is 4.74 Å². The molecule has 0 fully saturated rings. The number of aromatic nitrogens is 1. The summed E-state index contributed by atoms with van der Waals surface area (Å²) in [7, 11) is 1.56. The molecule has 0 atom stereocenters. The number of ether oxygens (including phenoxy) is 1. The van der Waals surface area contributed by atoms with E-state index in [9.17, 15) is 9.90 Å². The third-order valence-corrected chi connectivity index (χ3v) is 4.68. The van der Waals surface area contributed by atoms with E-state index in [1.54, 1.807) is 31.4 Å². The van der Waals surface area contributed by atoms with E-state index in [1.165, 1.54) is 0 Å². The Morgan fingerprint density at radius 2 is 2.00 bits per heavy atom. The first-order valence-corrected chi connectivity index (χ1v) is 8.03. The summed E-state index contributed by atoms with van der Waals surface area (Å²) in [6.07, 6.45) is -0.119. The van der Waals surface area contributed by atoms with Crippen LogP contribution in [0.25, 0.3) is 22.2 Å². The number of aliphatic carboxylic acids is 1. The number of hydrogen-bond donors (Lipinski definition) is 2. The van der Waals surface area contributed by atoms with E-state index in [2.05, 4.69) is 4.98 Å². The number of nitrogens with one attached hydrogen (secondary N) is 1. The number of halogens is 2. The number of methoxy groups -OCH3 is 1. The molecule has 0 saturated heterocycles. The van der Waals surface area contributed by atoms with Crippen molar-refractivity contribution in [3.05, 3.63) is 51.5 Å². The molecular formula is C18H15Cl2NO3. The molecule has 24 heavy (non-hydrogen) atoms. The topological polar surface area (TPSA) is 62.3 Å². The lowest BCUT2D eigenvalue weighted by molar-refractivity contribution is -0.136. The maximum Gasteiger partial charge on any atom is 0.307 e. The van der Waals surface area contributed by atoms with Crippen LogP contribution in [0, 0.1) is 6.92 Å². The molecule has 124 valence electrons. The van der Waals surface area contributed by atoms with Gasteiger partial charge >= 0.3 is 5.97 Å². The molecule has 2 N–H and O–H groups in total. The van der Waals surface area contributed by atoms with Gasteiger partial charge in [-0.05, 0) is 42.3 Å². The molecule has 0 saturated carbocycles. The van der Waals surface area contributed by atoms with Gasteiger partial charge in [0, 0.05) is 21.0 Å². The van der Waals surface area contributed by atoms with Crippen molar-refractivity contribution in [3.8, 4) is 17.0 Å². The Morgan fingerprint density at radius 3 is 2.67 bits per heavy atom. The molecule has 0 aliphatic heterocycles. The Labute approximate surface area is 149 Å². The molecule has 6 heteroatoms. The SMILES string of the molecule is COc1ccc(Cl)cc1-c1[nH]c2c(C)c(Cl)ccc2c1CC(=O)O. The van der Waals surface area contributed by atoms with E-state index in [-0.39, 0.29) is 6.42 Å². The van der Waals surface area contributed by atoms with E-state index in [1.807, 2.05) is 13.0 Å². The van der Waals surface area contributed by atoms with Crippen molar-refractivity contribution in [3.63, 3.8) is 0 Å². The molecule has 1 aromatic heterocycles. The van der Waals surface area contributed by atoms with Crippen LogP contribution in [0.15, 0.2) is 30.3 Å². The quantitative estimate of drug-likeness (QED) is 0.678. The average molecular weight is 364 g/mol. The van der Waals surface area contributed by atoms with Crippen LogP contribution >= 0.6 is 23.2 Å². The predicted octanol–water partition coefficient (Wildman–Crippen LogP) is 5.09. The standard InChI is InChI=1S/C18H15Cl2NO3/c1-9-14(20)5-4-11-12(8-16(22)23)18(21-17(9)11)13-7-10(19)3-6-15(13)24-2/h3-7,21H,8H2,1-2H3,(H,22,23). The number of rotatable bonds is 4. The van der Waals surface area contributed by atoms with Gasteiger partial charge in [-0.1, -0.05) is 29.3 Å². The zero-order valence-electron chi connectivity index (χ0n) is 13.1. The predicted molar refractivity (Wildman–Crippen MR) is 96.4 cm³/mol. The summed E-state index contributed by atoms with van der Waals surface area (Å²) in [5.41, 5.74) is 3.76. The number of aryl methyl sites for hydroxylation is 1. The number of carboxylic acids is 1. The second kappa shape index (κ2) is 6.38. The summed E-state index contributed by atoms with van der Waals surface area (Å²) in [6, 6.07) is 8.85. The van der Waals surface area contributed by atoms with E-state index in [0.717, 1.165) is 16.5 Å². The Kier molecular flexibility index (Phi) is 4.43. The zero-order chi connectivity index (χ0) is 17.4. The lowest BCUT2D eigenvalue weighted by Crippen LogP contribution is -2.01. The number of H-pyrrole nitrogens is 1. The average Bonchev–Trinajstić information content (AvgIpc) is 2.89. The fourth-order valence-electron chi connectivity index (χ4n) is 2.87. The molecule has 2 aromatic carbocycles. The molecule has 0 amide bonds. The highest BCUT2D eigenvalue weighted by Crippen LogP contribution is 2.39. The molecule has 0 aliphatic carbocycles. The fourth-order valence-corrected chi connectivity index (χ4v) is 3.20. The first-order valence-electron chi connectivity index (χ1n) is 7.27. The van der Waals surface area contributed by atoms with Crippen molar-refractivity contribution < 1.29 is 14.6 Å². The Bertz CT molecular complexity index is 947. The van der Waals surface area contributed by atoms with Crippen LogP contribution in [0.5, 0.6) is 5.75 Å². The molecule has 3 rings (SSSR count). The molecule has 0 spiro atoms. The highest BCUT2D eigenvalue weighted by Gasteiger charge is 2.20. The van der Waals surface area contributed by atoms with Crippen LogP contribution in [0.1, 0.15) is 11.1 Å². The van der Waals surface area contributed by atoms with E-state index >= 15 is 0 Å². The highest BCUT2D eigenvalue weighted by atomic mass is 35.5. The number of aromatic amines is 1. The summed E-state index contributed by atoms with van der Waals surface area (Å²) in [4.78, 5) is 14.7. The van der Waals surface area contributed by atoms with Crippen molar-refractivity contribution in [1.29, 1.82) is 0 Å². The number of hydrogen-bond acceptors (Lipinski definition) is 2. The van der Waals surface area contributed by atoms with Crippen LogP contribution in [0.2, 0.25) is 10.0 Å². The Balaban J connectivity index is 2.37. The highest BCUT2D eigenvalue weighted by molar-refractivity contribution is 6.32. The van der Waals surface area contributed by atoms with Crippen LogP contribution in [0.4, 0.5) is 0 Å². The minimum atomic E-state index is -0.911. The lowest BCUT2D eigenvalue weighted by Gasteiger charge is -2.09. The third-order valence-electron chi connectivity index (χ3n) is 4.03. The normalized spacial score (nSPS) is 11.0. The second-order valence-electron chi connectivity index (χ2n) is 5.49. The minimum Gasteiger partial charge on any atom is -0.496 e. The van der Waals surface area contributed by atoms with E-state index in [0.29, 0.717) is 32.6 Å². The molecule has 0 aliphatic rings. The molecule has 4 nitrogen and oxygen atoms in total. The molecule has 0 unspecified atom stereocenters. The van der Waals surface area contributed by atoms with Gasteiger partial charge in [0.05, 0.1) is 24.7 Å². The number of fused-ring (bicyclic) bond motifs is 1. The van der Waals surface area contributed by atoms with Gasteiger partial charge < -0.3 is 14.8 Å². The summed E-state index contributed by atoms with van der Waals surface area (Å²) in [5.74, 6) is -0.299. The van der Waals surface area contributed by atoms with Gasteiger partial charge in [0.25, 0.3) is 0 Å². The van der Waals surface area contributed by atoms with Gasteiger partial charge in [0.2, 0.25) is 0 Å². The van der Waals surface area contributed by atoms with Crippen molar-refractivity contribution >= 4 is 40.1 Å². The van der Waals surface area contributed by atoms with Crippen LogP contribution in [0.3, 0.4) is 0 Å².